The first-order valence-electron chi connectivity index (χ1n) is 5.58. The topological polar surface area (TPSA) is 44.7 Å². The minimum absolute atomic E-state index is 0.0999. The first kappa shape index (κ1) is 10.4. The Balaban J connectivity index is 1.69. The molecular formula is C10H20N2O2. The number of aliphatic hydroxyl groups is 1. The average molecular weight is 200 g/mol. The summed E-state index contributed by atoms with van der Waals surface area (Å²) in [6.45, 7) is 5.66. The van der Waals surface area contributed by atoms with Gasteiger partial charge in [-0.1, -0.05) is 0 Å². The molecule has 2 rings (SSSR count). The number of hydrogen-bond donors (Lipinski definition) is 2. The van der Waals surface area contributed by atoms with E-state index in [9.17, 15) is 0 Å². The smallest absolute Gasteiger partial charge is 0.0811 e. The van der Waals surface area contributed by atoms with Gasteiger partial charge < -0.3 is 15.2 Å². The van der Waals surface area contributed by atoms with Crippen LogP contribution in [0.25, 0.3) is 0 Å². The first-order valence-corrected chi connectivity index (χ1v) is 5.58. The van der Waals surface area contributed by atoms with Gasteiger partial charge in [0.05, 0.1) is 18.8 Å². The lowest BCUT2D eigenvalue weighted by Gasteiger charge is -2.29. The number of ether oxygens (including phenoxy) is 1. The molecule has 2 aliphatic rings. The van der Waals surface area contributed by atoms with Gasteiger partial charge in [-0.05, 0) is 12.8 Å². The normalized spacial score (nSPS) is 34.9. The predicted octanol–water partition coefficient (Wildman–Crippen LogP) is -0.568. The molecule has 0 aromatic rings. The average Bonchev–Trinajstić information content (AvgIpc) is 2.67. The van der Waals surface area contributed by atoms with Crippen molar-refractivity contribution >= 4 is 0 Å². The van der Waals surface area contributed by atoms with Crippen molar-refractivity contribution in [3.05, 3.63) is 0 Å². The van der Waals surface area contributed by atoms with Crippen LogP contribution in [-0.4, -0.2) is 61.5 Å². The van der Waals surface area contributed by atoms with Crippen LogP contribution in [0.15, 0.2) is 0 Å². The molecule has 2 heterocycles. The minimum Gasteiger partial charge on any atom is -0.394 e. The highest BCUT2D eigenvalue weighted by molar-refractivity contribution is 4.78. The molecule has 82 valence electrons. The second-order valence-electron chi connectivity index (χ2n) is 4.19. The maximum atomic E-state index is 8.94. The number of aliphatic hydroxyl groups excluding tert-OH is 1. The number of hydrogen-bond acceptors (Lipinski definition) is 4. The fourth-order valence-corrected chi connectivity index (χ4v) is 2.23. The van der Waals surface area contributed by atoms with Crippen LogP contribution in [0.2, 0.25) is 0 Å². The predicted molar refractivity (Wildman–Crippen MR) is 54.3 cm³/mol. The molecule has 2 N–H and O–H groups in total. The van der Waals surface area contributed by atoms with Gasteiger partial charge in [-0.2, -0.15) is 0 Å². The fourth-order valence-electron chi connectivity index (χ4n) is 2.23. The van der Waals surface area contributed by atoms with Gasteiger partial charge in [-0.15, -0.1) is 0 Å². The van der Waals surface area contributed by atoms with Crippen molar-refractivity contribution in [3.8, 4) is 0 Å². The van der Waals surface area contributed by atoms with Gasteiger partial charge in [-0.25, -0.2) is 0 Å². The van der Waals surface area contributed by atoms with Crippen LogP contribution in [0.5, 0.6) is 0 Å². The van der Waals surface area contributed by atoms with Crippen molar-refractivity contribution in [1.82, 2.24) is 10.2 Å². The van der Waals surface area contributed by atoms with Crippen molar-refractivity contribution in [1.29, 1.82) is 0 Å². The number of nitrogens with zero attached hydrogens (tertiary/aromatic N) is 1. The van der Waals surface area contributed by atoms with Crippen LogP contribution in [-0.2, 0) is 4.74 Å². The van der Waals surface area contributed by atoms with Crippen molar-refractivity contribution in [2.45, 2.75) is 25.0 Å². The van der Waals surface area contributed by atoms with Gasteiger partial charge in [0.2, 0.25) is 0 Å². The number of rotatable bonds is 3. The molecule has 0 spiro atoms. The van der Waals surface area contributed by atoms with E-state index in [1.54, 1.807) is 0 Å². The van der Waals surface area contributed by atoms with Crippen LogP contribution >= 0.6 is 0 Å². The third kappa shape index (κ3) is 2.67. The third-order valence-electron chi connectivity index (χ3n) is 3.07. The highest BCUT2D eigenvalue weighted by atomic mass is 16.5. The van der Waals surface area contributed by atoms with Gasteiger partial charge in [0.15, 0.2) is 0 Å². The molecule has 0 aromatic heterocycles. The van der Waals surface area contributed by atoms with Crippen molar-refractivity contribution in [3.63, 3.8) is 0 Å². The van der Waals surface area contributed by atoms with Gasteiger partial charge in [-0.3, -0.25) is 4.90 Å². The molecule has 0 bridgehead atoms. The zero-order valence-corrected chi connectivity index (χ0v) is 8.61. The molecule has 4 heteroatoms. The van der Waals surface area contributed by atoms with Gasteiger partial charge in [0.1, 0.15) is 0 Å². The van der Waals surface area contributed by atoms with Crippen LogP contribution in [0.4, 0.5) is 0 Å². The summed E-state index contributed by atoms with van der Waals surface area (Å²) in [7, 11) is 0. The summed E-state index contributed by atoms with van der Waals surface area (Å²) >= 11 is 0. The molecule has 14 heavy (non-hydrogen) atoms. The molecule has 0 unspecified atom stereocenters. The lowest BCUT2D eigenvalue weighted by atomic mass is 10.2. The highest BCUT2D eigenvalue weighted by Crippen LogP contribution is 2.20. The van der Waals surface area contributed by atoms with Crippen LogP contribution < -0.4 is 5.32 Å². The zero-order valence-electron chi connectivity index (χ0n) is 8.61. The third-order valence-corrected chi connectivity index (χ3v) is 3.07. The van der Waals surface area contributed by atoms with Gasteiger partial charge >= 0.3 is 0 Å². The Morgan fingerprint density at radius 3 is 2.57 bits per heavy atom. The standard InChI is InChI=1S/C10H20N2O2/c13-8-10-2-1-9(14-10)7-12-5-3-11-4-6-12/h9-11,13H,1-8H2/t9-,10+/m1/s1. The summed E-state index contributed by atoms with van der Waals surface area (Å²) in [5, 5.41) is 12.3. The monoisotopic (exact) mass is 200 g/mol. The maximum Gasteiger partial charge on any atom is 0.0811 e. The molecule has 2 saturated heterocycles. The molecule has 2 aliphatic heterocycles. The molecule has 0 aromatic carbocycles. The Bertz CT molecular complexity index is 172. The summed E-state index contributed by atoms with van der Waals surface area (Å²) < 4.78 is 5.70. The molecule has 2 atom stereocenters. The molecule has 0 amide bonds. The zero-order chi connectivity index (χ0) is 9.80. The minimum atomic E-state index is 0.0999. The van der Waals surface area contributed by atoms with E-state index < -0.39 is 0 Å². The second kappa shape index (κ2) is 5.07. The Morgan fingerprint density at radius 2 is 1.93 bits per heavy atom. The Morgan fingerprint density at radius 1 is 1.21 bits per heavy atom. The molecule has 0 saturated carbocycles. The quantitative estimate of drug-likeness (QED) is 0.640. The summed E-state index contributed by atoms with van der Waals surface area (Å²) in [6.07, 6.45) is 2.58. The Kier molecular flexibility index (Phi) is 3.75. The van der Waals surface area contributed by atoms with E-state index in [0.717, 1.165) is 45.6 Å². The Hall–Kier alpha value is -0.160. The van der Waals surface area contributed by atoms with E-state index >= 15 is 0 Å². The second-order valence-corrected chi connectivity index (χ2v) is 4.19. The van der Waals surface area contributed by atoms with Crippen molar-refractivity contribution < 1.29 is 9.84 Å². The summed E-state index contributed by atoms with van der Waals surface area (Å²) in [6, 6.07) is 0. The largest absolute Gasteiger partial charge is 0.394 e. The first-order chi connectivity index (χ1) is 6.88. The van der Waals surface area contributed by atoms with Gasteiger partial charge in [0, 0.05) is 32.7 Å². The number of nitrogens with one attached hydrogen (secondary N) is 1. The van der Waals surface area contributed by atoms with E-state index in [2.05, 4.69) is 10.2 Å². The SMILES string of the molecule is OC[C@@H]1CC[C@H](CN2CCNCC2)O1. The molecule has 0 radical (unpaired) electrons. The summed E-state index contributed by atoms with van der Waals surface area (Å²) in [4.78, 5) is 2.45. The highest BCUT2D eigenvalue weighted by Gasteiger charge is 2.26. The van der Waals surface area contributed by atoms with E-state index in [0.29, 0.717) is 6.10 Å². The van der Waals surface area contributed by atoms with E-state index in [1.165, 1.54) is 0 Å². The van der Waals surface area contributed by atoms with Crippen LogP contribution in [0.3, 0.4) is 0 Å². The van der Waals surface area contributed by atoms with Gasteiger partial charge in [0.25, 0.3) is 0 Å². The van der Waals surface area contributed by atoms with E-state index in [1.807, 2.05) is 0 Å². The molecule has 0 aliphatic carbocycles. The van der Waals surface area contributed by atoms with E-state index in [-0.39, 0.29) is 12.7 Å². The fraction of sp³-hybridized carbons (Fsp3) is 1.00. The van der Waals surface area contributed by atoms with Crippen LogP contribution in [0.1, 0.15) is 12.8 Å². The maximum absolute atomic E-state index is 8.94. The number of piperazine rings is 1. The summed E-state index contributed by atoms with van der Waals surface area (Å²) in [5.74, 6) is 0. The van der Waals surface area contributed by atoms with Crippen molar-refractivity contribution in [2.24, 2.45) is 0 Å². The van der Waals surface area contributed by atoms with E-state index in [4.69, 9.17) is 9.84 Å². The lowest BCUT2D eigenvalue weighted by Crippen LogP contribution is -2.46. The summed E-state index contributed by atoms with van der Waals surface area (Å²) in [5.41, 5.74) is 0. The molecule has 4 nitrogen and oxygen atoms in total. The lowest BCUT2D eigenvalue weighted by molar-refractivity contribution is -0.00460. The van der Waals surface area contributed by atoms with Crippen LogP contribution in [0, 0.1) is 0 Å². The Labute approximate surface area is 85.2 Å². The molecular weight excluding hydrogens is 180 g/mol. The molecule has 2 fully saturated rings. The van der Waals surface area contributed by atoms with Crippen molar-refractivity contribution in [2.75, 3.05) is 39.3 Å².